The highest BCUT2D eigenvalue weighted by molar-refractivity contribution is 5.91. The van der Waals surface area contributed by atoms with Crippen LogP contribution >= 0.6 is 0 Å². The van der Waals surface area contributed by atoms with Crippen LogP contribution in [-0.4, -0.2) is 59.4 Å². The Morgan fingerprint density at radius 3 is 2.50 bits per heavy atom. The number of pyridine rings is 1. The van der Waals surface area contributed by atoms with Crippen LogP contribution in [-0.2, 0) is 9.53 Å². The molecule has 10 heteroatoms. The quantitative estimate of drug-likeness (QED) is 0.278. The minimum absolute atomic E-state index is 0.0534. The van der Waals surface area contributed by atoms with Crippen molar-refractivity contribution in [1.82, 2.24) is 9.88 Å². The number of hydrogen-bond acceptors (Lipinski definition) is 8. The second-order valence-electron chi connectivity index (χ2n) is 10.1. The van der Waals surface area contributed by atoms with Crippen LogP contribution in [0.4, 0.5) is 0 Å². The minimum atomic E-state index is -1.03. The van der Waals surface area contributed by atoms with Gasteiger partial charge >= 0.3 is 0 Å². The molecule has 214 valence electrons. The lowest BCUT2D eigenvalue weighted by Gasteiger charge is -2.29. The number of H-pyrrole nitrogens is 1. The summed E-state index contributed by atoms with van der Waals surface area (Å²) in [6.45, 7) is 1.54. The molecule has 0 spiro atoms. The molecule has 3 N–H and O–H groups in total. The van der Waals surface area contributed by atoms with Crippen LogP contribution < -0.4 is 15.7 Å². The highest BCUT2D eigenvalue weighted by Gasteiger charge is 2.31. The maximum absolute atomic E-state index is 13.6. The lowest BCUT2D eigenvalue weighted by Crippen LogP contribution is -2.41. The highest BCUT2D eigenvalue weighted by atomic mass is 16.5. The SMILES string of the molecule is COc1ccc2cc(C(CC(=O)N3CCOCC3)c3c(O)cc(O)c4c(=O)cc(-c5ccccc5)oc34)c(=O)[nH]c2c1. The maximum atomic E-state index is 13.6. The van der Waals surface area contributed by atoms with E-state index in [4.69, 9.17) is 13.9 Å². The Kier molecular flexibility index (Phi) is 7.13. The van der Waals surface area contributed by atoms with E-state index in [0.717, 1.165) is 6.07 Å². The van der Waals surface area contributed by atoms with Crippen molar-refractivity contribution in [3.63, 3.8) is 0 Å². The molecular formula is C32H28N2O8. The monoisotopic (exact) mass is 568 g/mol. The Labute approximate surface area is 239 Å². The third-order valence-electron chi connectivity index (χ3n) is 7.60. The van der Waals surface area contributed by atoms with E-state index < -0.39 is 28.4 Å². The fourth-order valence-corrected chi connectivity index (χ4v) is 5.47. The lowest BCUT2D eigenvalue weighted by molar-refractivity contribution is -0.135. The molecule has 1 aliphatic rings. The zero-order valence-electron chi connectivity index (χ0n) is 22.8. The van der Waals surface area contributed by atoms with E-state index in [-0.39, 0.29) is 40.2 Å². The number of phenolic OH excluding ortho intramolecular Hbond substituents is 2. The molecule has 1 aliphatic heterocycles. The molecule has 1 saturated heterocycles. The number of aromatic amines is 1. The molecule has 10 nitrogen and oxygen atoms in total. The van der Waals surface area contributed by atoms with E-state index in [9.17, 15) is 24.6 Å². The largest absolute Gasteiger partial charge is 0.507 e. The maximum Gasteiger partial charge on any atom is 0.252 e. The molecule has 3 heterocycles. The first-order valence-corrected chi connectivity index (χ1v) is 13.5. The number of carbonyl (C=O) groups excluding carboxylic acids is 1. The molecule has 3 aromatic carbocycles. The fraction of sp³-hybridized carbons (Fsp3) is 0.219. The summed E-state index contributed by atoms with van der Waals surface area (Å²) >= 11 is 0. The zero-order valence-corrected chi connectivity index (χ0v) is 22.8. The number of methoxy groups -OCH3 is 1. The smallest absolute Gasteiger partial charge is 0.252 e. The van der Waals surface area contributed by atoms with E-state index in [1.165, 1.54) is 13.2 Å². The summed E-state index contributed by atoms with van der Waals surface area (Å²) in [6, 6.07) is 18.1. The van der Waals surface area contributed by atoms with Gasteiger partial charge in [0.1, 0.15) is 34.0 Å². The van der Waals surface area contributed by atoms with Gasteiger partial charge in [-0.1, -0.05) is 30.3 Å². The molecule has 42 heavy (non-hydrogen) atoms. The molecule has 0 bridgehead atoms. The van der Waals surface area contributed by atoms with Gasteiger partial charge in [-0.25, -0.2) is 0 Å². The Balaban J connectivity index is 1.60. The average molecular weight is 569 g/mol. The second kappa shape index (κ2) is 11.1. The average Bonchev–Trinajstić information content (AvgIpc) is 3.00. The van der Waals surface area contributed by atoms with Gasteiger partial charge in [0, 0.05) is 60.3 Å². The summed E-state index contributed by atoms with van der Waals surface area (Å²) in [5.41, 5.74) is 0.238. The predicted molar refractivity (Wildman–Crippen MR) is 156 cm³/mol. The molecule has 1 atom stereocenters. The van der Waals surface area contributed by atoms with Crippen molar-refractivity contribution >= 4 is 27.8 Å². The van der Waals surface area contributed by atoms with Crippen LogP contribution in [0, 0.1) is 0 Å². The normalized spacial score (nSPS) is 14.3. The van der Waals surface area contributed by atoms with Crippen LogP contribution in [0.1, 0.15) is 23.5 Å². The van der Waals surface area contributed by atoms with Gasteiger partial charge in [0.25, 0.3) is 5.56 Å². The first kappa shape index (κ1) is 27.1. The van der Waals surface area contributed by atoms with E-state index in [0.29, 0.717) is 48.5 Å². The number of fused-ring (bicyclic) bond motifs is 2. The molecule has 6 rings (SSSR count). The first-order chi connectivity index (χ1) is 20.3. The highest BCUT2D eigenvalue weighted by Crippen LogP contribution is 2.42. The number of phenols is 2. The van der Waals surface area contributed by atoms with Gasteiger partial charge in [-0.05, 0) is 23.6 Å². The summed E-state index contributed by atoms with van der Waals surface area (Å²) < 4.78 is 16.9. The Morgan fingerprint density at radius 1 is 1.00 bits per heavy atom. The van der Waals surface area contributed by atoms with Crippen molar-refractivity contribution in [2.75, 3.05) is 33.4 Å². The fourth-order valence-electron chi connectivity index (χ4n) is 5.47. The van der Waals surface area contributed by atoms with Gasteiger partial charge in [0.2, 0.25) is 5.91 Å². The van der Waals surface area contributed by atoms with Crippen LogP contribution in [0.3, 0.4) is 0 Å². The number of nitrogens with one attached hydrogen (secondary N) is 1. The number of ether oxygens (including phenoxy) is 2. The number of rotatable bonds is 6. The van der Waals surface area contributed by atoms with Gasteiger partial charge in [-0.3, -0.25) is 14.4 Å². The number of aromatic hydroxyl groups is 2. The van der Waals surface area contributed by atoms with Gasteiger partial charge < -0.3 is 34.0 Å². The van der Waals surface area contributed by atoms with Crippen LogP contribution in [0.25, 0.3) is 33.2 Å². The van der Waals surface area contributed by atoms with E-state index >= 15 is 0 Å². The van der Waals surface area contributed by atoms with Crippen molar-refractivity contribution < 1.29 is 28.9 Å². The molecule has 1 unspecified atom stereocenters. The second-order valence-corrected chi connectivity index (χ2v) is 10.1. The van der Waals surface area contributed by atoms with Gasteiger partial charge in [0.05, 0.1) is 25.8 Å². The minimum Gasteiger partial charge on any atom is -0.507 e. The van der Waals surface area contributed by atoms with Crippen molar-refractivity contribution in [3.8, 4) is 28.6 Å². The van der Waals surface area contributed by atoms with Gasteiger partial charge in [-0.15, -0.1) is 0 Å². The number of amides is 1. The summed E-state index contributed by atoms with van der Waals surface area (Å²) in [6.07, 6.45) is -0.211. The van der Waals surface area contributed by atoms with E-state index in [1.54, 1.807) is 53.4 Å². The van der Waals surface area contributed by atoms with Crippen LogP contribution in [0.15, 0.2) is 80.7 Å². The van der Waals surface area contributed by atoms with Crippen LogP contribution in [0.5, 0.6) is 17.2 Å². The van der Waals surface area contributed by atoms with Crippen molar-refractivity contribution in [1.29, 1.82) is 0 Å². The number of aromatic nitrogens is 1. The van der Waals surface area contributed by atoms with Gasteiger partial charge in [0.15, 0.2) is 5.43 Å². The Bertz CT molecular complexity index is 1920. The van der Waals surface area contributed by atoms with Gasteiger partial charge in [-0.2, -0.15) is 0 Å². The molecule has 0 radical (unpaired) electrons. The predicted octanol–water partition coefficient (Wildman–Crippen LogP) is 4.10. The number of carbonyl (C=O) groups is 1. The van der Waals surface area contributed by atoms with Crippen molar-refractivity contribution in [2.24, 2.45) is 0 Å². The van der Waals surface area contributed by atoms with Crippen molar-refractivity contribution in [2.45, 2.75) is 12.3 Å². The lowest BCUT2D eigenvalue weighted by atomic mass is 9.86. The summed E-state index contributed by atoms with van der Waals surface area (Å²) in [4.78, 5) is 45.0. The standard InChI is InChI=1S/C32H28N2O8/c1-40-20-8-7-19-13-22(32(39)33-23(19)14-20)21(15-28(38)34-9-11-41-12-10-34)29-24(35)16-25(36)30-26(37)17-27(42-31(29)30)18-5-3-2-4-6-18/h2-8,13-14,16-17,21,35-36H,9-12,15H2,1H3,(H,33,39). The number of morpholine rings is 1. The topological polar surface area (TPSA) is 142 Å². The molecule has 1 fully saturated rings. The molecular weight excluding hydrogens is 540 g/mol. The van der Waals surface area contributed by atoms with Crippen LogP contribution in [0.2, 0.25) is 0 Å². The number of hydrogen-bond donors (Lipinski definition) is 3. The summed E-state index contributed by atoms with van der Waals surface area (Å²) in [5.74, 6) is -1.42. The third kappa shape index (κ3) is 4.97. The Morgan fingerprint density at radius 2 is 1.76 bits per heavy atom. The summed E-state index contributed by atoms with van der Waals surface area (Å²) in [5, 5.41) is 22.5. The molecule has 5 aromatic rings. The number of nitrogens with zero attached hydrogens (tertiary/aromatic N) is 1. The molecule has 2 aromatic heterocycles. The molecule has 1 amide bonds. The first-order valence-electron chi connectivity index (χ1n) is 13.5. The molecule has 0 aliphatic carbocycles. The van der Waals surface area contributed by atoms with E-state index in [2.05, 4.69) is 4.98 Å². The Hall–Kier alpha value is -5.09. The third-order valence-corrected chi connectivity index (χ3v) is 7.60. The van der Waals surface area contributed by atoms with E-state index in [1.807, 2.05) is 6.07 Å². The van der Waals surface area contributed by atoms with Crippen molar-refractivity contribution in [3.05, 3.63) is 98.4 Å². The summed E-state index contributed by atoms with van der Waals surface area (Å²) in [7, 11) is 1.52. The number of benzene rings is 3. The zero-order chi connectivity index (χ0) is 29.4. The molecule has 0 saturated carbocycles.